The van der Waals surface area contributed by atoms with Gasteiger partial charge in [0.2, 0.25) is 16.6 Å². The Kier molecular flexibility index (Phi) is 9.14. The Bertz CT molecular complexity index is 1510. The number of aryl methyl sites for hydroxylation is 1. The first-order chi connectivity index (χ1) is 20.2. The first-order valence-electron chi connectivity index (χ1n) is 14.4. The molecule has 12 heteroatoms. The van der Waals surface area contributed by atoms with Crippen molar-refractivity contribution < 1.29 is 37.0 Å². The van der Waals surface area contributed by atoms with E-state index in [1.807, 2.05) is 30.3 Å². The van der Waals surface area contributed by atoms with Gasteiger partial charge in [0.05, 0.1) is 36.4 Å². The second kappa shape index (κ2) is 12.8. The molecule has 42 heavy (non-hydrogen) atoms. The second-order valence-electron chi connectivity index (χ2n) is 11.0. The molecule has 1 aliphatic carbocycles. The number of thiol groups is 1. The number of hydrogen-bond acceptors (Lipinski definition) is 8. The third-order valence-corrected chi connectivity index (χ3v) is 9.01. The zero-order valence-corrected chi connectivity index (χ0v) is 24.8. The lowest BCUT2D eigenvalue weighted by atomic mass is 9.89. The average Bonchev–Trinajstić information content (AvgIpc) is 3.76. The number of rotatable bonds is 12. The molecule has 1 aromatic carbocycles. The van der Waals surface area contributed by atoms with Crippen LogP contribution in [0.5, 0.6) is 0 Å². The molecule has 226 valence electrons. The van der Waals surface area contributed by atoms with E-state index >= 15 is 0 Å². The minimum Gasteiger partial charge on any atom is -0.450 e. The monoisotopic (exact) mass is 599 g/mol. The predicted octanol–water partition coefficient (Wildman–Crippen LogP) is 4.65. The number of amides is 1. The van der Waals surface area contributed by atoms with Crippen molar-refractivity contribution >= 4 is 34.1 Å². The van der Waals surface area contributed by atoms with Gasteiger partial charge < -0.3 is 24.3 Å². The highest BCUT2D eigenvalue weighted by atomic mass is 32.2. The maximum absolute atomic E-state index is 13.1. The van der Waals surface area contributed by atoms with E-state index in [4.69, 9.17) is 18.9 Å². The molecule has 1 saturated carbocycles. The summed E-state index contributed by atoms with van der Waals surface area (Å²) in [6.07, 6.45) is 3.13. The van der Waals surface area contributed by atoms with Gasteiger partial charge in [-0.1, -0.05) is 31.2 Å². The standard InChI is InChI=1S/C30H37N3O8S/c1-3-19-5-7-21(8-6-19)26-25(27(34)31-2)23-17-22(20-9-10-20)24(32-28(23)40-26)18-33(42(37)38)14-4-11-30(41-29(35)36)12-15-39-16-13-30/h5-8,17,20,42H,3-4,9-16,18H2,1-2H3,(H,31,34)(H,35,36). The van der Waals surface area contributed by atoms with E-state index in [0.717, 1.165) is 36.0 Å². The summed E-state index contributed by atoms with van der Waals surface area (Å²) in [5.74, 6) is 0.373. The summed E-state index contributed by atoms with van der Waals surface area (Å²) in [5.41, 5.74) is 3.24. The van der Waals surface area contributed by atoms with Gasteiger partial charge in [-0.3, -0.25) is 4.79 Å². The molecule has 1 saturated heterocycles. The van der Waals surface area contributed by atoms with Crippen LogP contribution < -0.4 is 5.32 Å². The molecule has 2 N–H and O–H groups in total. The molecule has 2 fully saturated rings. The molecule has 0 spiro atoms. The van der Waals surface area contributed by atoms with Crippen molar-refractivity contribution in [2.75, 3.05) is 26.8 Å². The van der Waals surface area contributed by atoms with Crippen LogP contribution >= 0.6 is 0 Å². The van der Waals surface area contributed by atoms with Gasteiger partial charge in [-0.05, 0) is 55.2 Å². The van der Waals surface area contributed by atoms with Crippen LogP contribution in [-0.2, 0) is 33.3 Å². The van der Waals surface area contributed by atoms with Crippen LogP contribution in [-0.4, -0.2) is 67.3 Å². The number of carboxylic acid groups (broad SMARTS) is 1. The van der Waals surface area contributed by atoms with Gasteiger partial charge in [-0.25, -0.2) is 18.2 Å². The summed E-state index contributed by atoms with van der Waals surface area (Å²) in [6.45, 7) is 3.10. The van der Waals surface area contributed by atoms with Crippen LogP contribution in [0.4, 0.5) is 4.79 Å². The maximum atomic E-state index is 13.1. The summed E-state index contributed by atoms with van der Waals surface area (Å²) >= 11 is 0. The summed E-state index contributed by atoms with van der Waals surface area (Å²) < 4.78 is 42.8. The number of nitrogens with zero attached hydrogens (tertiary/aromatic N) is 2. The van der Waals surface area contributed by atoms with Crippen molar-refractivity contribution in [1.82, 2.24) is 14.6 Å². The average molecular weight is 600 g/mol. The molecule has 0 radical (unpaired) electrons. The van der Waals surface area contributed by atoms with Gasteiger partial charge in [-0.2, -0.15) is 4.31 Å². The van der Waals surface area contributed by atoms with Gasteiger partial charge in [0.1, 0.15) is 11.4 Å². The van der Waals surface area contributed by atoms with Crippen molar-refractivity contribution in [2.24, 2.45) is 0 Å². The fourth-order valence-electron chi connectivity index (χ4n) is 5.70. The topological polar surface area (TPSA) is 148 Å². The van der Waals surface area contributed by atoms with E-state index in [0.29, 0.717) is 61.3 Å². The Morgan fingerprint density at radius 3 is 2.50 bits per heavy atom. The first-order valence-corrected chi connectivity index (χ1v) is 15.5. The van der Waals surface area contributed by atoms with Crippen LogP contribution in [0, 0.1) is 0 Å². The quantitative estimate of drug-likeness (QED) is 0.200. The Morgan fingerprint density at radius 1 is 1.19 bits per heavy atom. The van der Waals surface area contributed by atoms with Crippen molar-refractivity contribution in [3.8, 4) is 11.3 Å². The highest BCUT2D eigenvalue weighted by Gasteiger charge is 2.37. The number of benzene rings is 1. The zero-order chi connectivity index (χ0) is 29.9. The Labute approximate surface area is 246 Å². The van der Waals surface area contributed by atoms with E-state index < -0.39 is 22.6 Å². The molecular formula is C30H37N3O8S. The molecule has 5 rings (SSSR count). The number of nitrogens with one attached hydrogen (secondary N) is 1. The van der Waals surface area contributed by atoms with E-state index in [9.17, 15) is 23.1 Å². The van der Waals surface area contributed by atoms with Gasteiger partial charge >= 0.3 is 6.16 Å². The summed E-state index contributed by atoms with van der Waals surface area (Å²) in [5, 5.41) is 12.6. The lowest BCUT2D eigenvalue weighted by Gasteiger charge is -2.35. The van der Waals surface area contributed by atoms with Gasteiger partial charge in [-0.15, -0.1) is 0 Å². The number of ether oxygens (including phenoxy) is 2. The van der Waals surface area contributed by atoms with Gasteiger partial charge in [0.15, 0.2) is 0 Å². The first kappa shape index (κ1) is 30.0. The Hall–Kier alpha value is -3.48. The van der Waals surface area contributed by atoms with Crippen molar-refractivity contribution in [3.63, 3.8) is 0 Å². The molecule has 2 aliphatic rings. The molecule has 3 heterocycles. The summed E-state index contributed by atoms with van der Waals surface area (Å²) in [4.78, 5) is 29.2. The fourth-order valence-corrected chi connectivity index (χ4v) is 6.26. The Morgan fingerprint density at radius 2 is 1.90 bits per heavy atom. The third-order valence-electron chi connectivity index (χ3n) is 8.21. The summed E-state index contributed by atoms with van der Waals surface area (Å²) in [7, 11) is -1.37. The van der Waals surface area contributed by atoms with Gasteiger partial charge in [0, 0.05) is 32.0 Å². The minimum absolute atomic E-state index is 0.0485. The minimum atomic E-state index is -2.94. The molecule has 2 aromatic heterocycles. The highest BCUT2D eigenvalue weighted by molar-refractivity contribution is 7.69. The van der Waals surface area contributed by atoms with Crippen molar-refractivity contribution in [2.45, 2.75) is 69.9 Å². The normalized spacial score (nSPS) is 16.7. The number of hydrogen-bond donors (Lipinski definition) is 3. The molecule has 11 nitrogen and oxygen atoms in total. The summed E-state index contributed by atoms with van der Waals surface area (Å²) in [6, 6.07) is 9.78. The van der Waals surface area contributed by atoms with E-state index in [1.165, 1.54) is 4.31 Å². The van der Waals surface area contributed by atoms with Crippen molar-refractivity contribution in [1.29, 1.82) is 0 Å². The van der Waals surface area contributed by atoms with Crippen LogP contribution in [0.2, 0.25) is 0 Å². The van der Waals surface area contributed by atoms with E-state index in [1.54, 1.807) is 7.05 Å². The molecule has 0 bridgehead atoms. The SMILES string of the molecule is CCc1ccc(-c2oc3nc(CN(CCCC4(OC(=O)O)CCOCC4)[SH](=O)=O)c(C4CC4)cc3c2C(=O)NC)cc1. The fraction of sp³-hybridized carbons (Fsp3) is 0.500. The predicted molar refractivity (Wildman–Crippen MR) is 156 cm³/mol. The molecular weight excluding hydrogens is 562 g/mol. The smallest absolute Gasteiger partial charge is 0.450 e. The number of pyridine rings is 1. The number of carbonyl (C=O) groups excluding carboxylic acids is 1. The molecule has 0 atom stereocenters. The van der Waals surface area contributed by atoms with Crippen LogP contribution in [0.3, 0.4) is 0 Å². The lowest BCUT2D eigenvalue weighted by molar-refractivity contribution is -0.0901. The third kappa shape index (κ3) is 6.61. The Balaban J connectivity index is 1.44. The van der Waals surface area contributed by atoms with Crippen LogP contribution in [0.1, 0.15) is 78.5 Å². The van der Waals surface area contributed by atoms with Crippen LogP contribution in [0.15, 0.2) is 34.7 Å². The molecule has 3 aromatic rings. The lowest BCUT2D eigenvalue weighted by Crippen LogP contribution is -2.41. The number of aromatic nitrogens is 1. The maximum Gasteiger partial charge on any atom is 0.506 e. The second-order valence-corrected chi connectivity index (χ2v) is 12.0. The molecule has 1 aliphatic heterocycles. The molecule has 0 unspecified atom stereocenters. The van der Waals surface area contributed by atoms with E-state index in [2.05, 4.69) is 12.2 Å². The van der Waals surface area contributed by atoms with E-state index in [-0.39, 0.29) is 30.6 Å². The van der Waals surface area contributed by atoms with Crippen LogP contribution in [0.25, 0.3) is 22.4 Å². The number of furan rings is 1. The molecule has 1 amide bonds. The van der Waals surface area contributed by atoms with Gasteiger partial charge in [0.25, 0.3) is 5.91 Å². The zero-order valence-electron chi connectivity index (χ0n) is 23.9. The number of carbonyl (C=O) groups is 2. The highest BCUT2D eigenvalue weighted by Crippen LogP contribution is 2.44. The largest absolute Gasteiger partial charge is 0.506 e. The number of fused-ring (bicyclic) bond motifs is 1. The van der Waals surface area contributed by atoms with Crippen molar-refractivity contribution in [3.05, 3.63) is 52.7 Å².